The quantitative estimate of drug-likeness (QED) is 0.818. The molecule has 1 atom stereocenters. The van der Waals surface area contributed by atoms with Crippen LogP contribution < -0.4 is 4.72 Å². The van der Waals surface area contributed by atoms with Crippen molar-refractivity contribution < 1.29 is 12.8 Å². The van der Waals surface area contributed by atoms with Gasteiger partial charge in [0, 0.05) is 11.4 Å². The Morgan fingerprint density at radius 2 is 1.94 bits per heavy atom. The predicted octanol–water partition coefficient (Wildman–Crippen LogP) is 2.67. The highest BCUT2D eigenvalue weighted by molar-refractivity contribution is 9.09. The first-order chi connectivity index (χ1) is 7.95. The van der Waals surface area contributed by atoms with Crippen molar-refractivity contribution in [3.05, 3.63) is 30.1 Å². The molecule has 0 saturated heterocycles. The van der Waals surface area contributed by atoms with E-state index in [9.17, 15) is 12.8 Å². The lowest BCUT2D eigenvalue weighted by Crippen LogP contribution is -2.26. The maximum absolute atomic E-state index is 12.7. The normalized spacial score (nSPS) is 13.6. The number of nitrogens with one attached hydrogen (secondary N) is 1. The van der Waals surface area contributed by atoms with Crippen LogP contribution in [0.5, 0.6) is 0 Å². The van der Waals surface area contributed by atoms with Gasteiger partial charge >= 0.3 is 0 Å². The summed E-state index contributed by atoms with van der Waals surface area (Å²) in [6, 6.07) is 4.77. The Morgan fingerprint density at radius 1 is 1.35 bits per heavy atom. The SMILES string of the molecule is CCC(Br)CCNS(=O)(=O)c1ccc(F)cc1. The van der Waals surface area contributed by atoms with Crippen LogP contribution >= 0.6 is 15.9 Å². The van der Waals surface area contributed by atoms with Crippen molar-refractivity contribution in [1.82, 2.24) is 4.72 Å². The van der Waals surface area contributed by atoms with Gasteiger partial charge in [-0.05, 0) is 37.1 Å². The molecule has 0 saturated carbocycles. The molecule has 1 rings (SSSR count). The van der Waals surface area contributed by atoms with E-state index in [0.29, 0.717) is 11.4 Å². The van der Waals surface area contributed by atoms with Crippen LogP contribution in [-0.4, -0.2) is 19.8 Å². The van der Waals surface area contributed by atoms with E-state index in [2.05, 4.69) is 20.7 Å². The summed E-state index contributed by atoms with van der Waals surface area (Å²) < 4.78 is 38.7. The summed E-state index contributed by atoms with van der Waals surface area (Å²) in [5, 5.41) is 0. The van der Waals surface area contributed by atoms with Crippen molar-refractivity contribution in [3.63, 3.8) is 0 Å². The average Bonchev–Trinajstić information content (AvgIpc) is 2.29. The molecule has 1 aromatic carbocycles. The highest BCUT2D eigenvalue weighted by Gasteiger charge is 2.13. The number of alkyl halides is 1. The summed E-state index contributed by atoms with van der Waals surface area (Å²) in [5.41, 5.74) is 0. The van der Waals surface area contributed by atoms with Gasteiger partial charge in [-0.1, -0.05) is 22.9 Å². The largest absolute Gasteiger partial charge is 0.240 e. The standard InChI is InChI=1S/C11H15BrFNO2S/c1-2-9(12)7-8-14-17(15,16)11-5-3-10(13)4-6-11/h3-6,9,14H,2,7-8H2,1H3. The summed E-state index contributed by atoms with van der Waals surface area (Å²) in [6.45, 7) is 2.39. The molecule has 0 fully saturated rings. The molecule has 0 aromatic heterocycles. The molecule has 1 N–H and O–H groups in total. The fourth-order valence-electron chi connectivity index (χ4n) is 1.25. The van der Waals surface area contributed by atoms with Crippen LogP contribution in [0.15, 0.2) is 29.2 Å². The zero-order valence-electron chi connectivity index (χ0n) is 9.49. The van der Waals surface area contributed by atoms with E-state index in [0.717, 1.165) is 25.0 Å². The van der Waals surface area contributed by atoms with Gasteiger partial charge in [0.05, 0.1) is 4.90 Å². The predicted molar refractivity (Wildman–Crippen MR) is 69.2 cm³/mol. The van der Waals surface area contributed by atoms with Crippen LogP contribution in [0, 0.1) is 5.82 Å². The summed E-state index contributed by atoms with van der Waals surface area (Å²) >= 11 is 3.43. The Hall–Kier alpha value is -0.460. The summed E-state index contributed by atoms with van der Waals surface area (Å²) in [7, 11) is -3.52. The molecule has 0 spiro atoms. The van der Waals surface area contributed by atoms with Crippen molar-refractivity contribution in [1.29, 1.82) is 0 Å². The van der Waals surface area contributed by atoms with E-state index < -0.39 is 15.8 Å². The number of hydrogen-bond acceptors (Lipinski definition) is 2. The van der Waals surface area contributed by atoms with Gasteiger partial charge in [-0.2, -0.15) is 0 Å². The first kappa shape index (κ1) is 14.6. The second-order valence-electron chi connectivity index (χ2n) is 3.65. The minimum atomic E-state index is -3.52. The molecule has 1 aromatic rings. The third kappa shape index (κ3) is 4.73. The Morgan fingerprint density at radius 3 is 2.47 bits per heavy atom. The number of hydrogen-bond donors (Lipinski definition) is 1. The van der Waals surface area contributed by atoms with Gasteiger partial charge in [0.2, 0.25) is 10.0 Å². The Balaban J connectivity index is 2.60. The molecule has 0 radical (unpaired) electrons. The molecule has 1 unspecified atom stereocenters. The number of rotatable bonds is 6. The van der Waals surface area contributed by atoms with E-state index in [4.69, 9.17) is 0 Å². The van der Waals surface area contributed by atoms with Gasteiger partial charge in [0.25, 0.3) is 0 Å². The van der Waals surface area contributed by atoms with Crippen molar-refractivity contribution in [2.45, 2.75) is 29.5 Å². The molecule has 0 aliphatic heterocycles. The number of halogens is 2. The van der Waals surface area contributed by atoms with Crippen LogP contribution in [0.1, 0.15) is 19.8 Å². The lowest BCUT2D eigenvalue weighted by molar-refractivity contribution is 0.576. The highest BCUT2D eigenvalue weighted by atomic mass is 79.9. The molecule has 6 heteroatoms. The van der Waals surface area contributed by atoms with Gasteiger partial charge < -0.3 is 0 Å². The van der Waals surface area contributed by atoms with Crippen molar-refractivity contribution in [3.8, 4) is 0 Å². The van der Waals surface area contributed by atoms with Gasteiger partial charge in [-0.25, -0.2) is 17.5 Å². The second-order valence-corrected chi connectivity index (χ2v) is 6.71. The maximum atomic E-state index is 12.7. The first-order valence-electron chi connectivity index (χ1n) is 5.35. The molecular weight excluding hydrogens is 309 g/mol. The molecule has 0 aliphatic rings. The van der Waals surface area contributed by atoms with Crippen LogP contribution in [-0.2, 0) is 10.0 Å². The van der Waals surface area contributed by atoms with Gasteiger partial charge in [-0.15, -0.1) is 0 Å². The summed E-state index contributed by atoms with van der Waals surface area (Å²) in [4.78, 5) is 0.389. The molecule has 0 bridgehead atoms. The Bertz CT molecular complexity index is 447. The van der Waals surface area contributed by atoms with Gasteiger partial charge in [0.15, 0.2) is 0 Å². The second kappa shape index (κ2) is 6.47. The van der Waals surface area contributed by atoms with E-state index in [1.165, 1.54) is 12.1 Å². The molecular formula is C11H15BrFNO2S. The fourth-order valence-corrected chi connectivity index (χ4v) is 2.53. The lowest BCUT2D eigenvalue weighted by Gasteiger charge is -2.09. The van der Waals surface area contributed by atoms with E-state index in [-0.39, 0.29) is 4.90 Å². The smallest absolute Gasteiger partial charge is 0.211 e. The van der Waals surface area contributed by atoms with Gasteiger partial charge in [-0.3, -0.25) is 0 Å². The first-order valence-corrected chi connectivity index (χ1v) is 7.75. The molecule has 17 heavy (non-hydrogen) atoms. The molecule has 96 valence electrons. The minimum Gasteiger partial charge on any atom is -0.211 e. The zero-order chi connectivity index (χ0) is 12.9. The number of benzene rings is 1. The third-order valence-electron chi connectivity index (χ3n) is 2.32. The van der Waals surface area contributed by atoms with Crippen molar-refractivity contribution >= 4 is 26.0 Å². The Kier molecular flexibility index (Phi) is 5.55. The average molecular weight is 324 g/mol. The molecule has 0 aliphatic carbocycles. The van der Waals surface area contributed by atoms with E-state index in [1.807, 2.05) is 6.92 Å². The molecule has 3 nitrogen and oxygen atoms in total. The van der Waals surface area contributed by atoms with E-state index in [1.54, 1.807) is 0 Å². The van der Waals surface area contributed by atoms with Crippen molar-refractivity contribution in [2.24, 2.45) is 0 Å². The van der Waals surface area contributed by atoms with Gasteiger partial charge in [0.1, 0.15) is 5.82 Å². The van der Waals surface area contributed by atoms with Crippen molar-refractivity contribution in [2.75, 3.05) is 6.54 Å². The zero-order valence-corrected chi connectivity index (χ0v) is 11.9. The minimum absolute atomic E-state index is 0.0847. The van der Waals surface area contributed by atoms with Crippen LogP contribution in [0.25, 0.3) is 0 Å². The lowest BCUT2D eigenvalue weighted by atomic mass is 10.2. The summed E-state index contributed by atoms with van der Waals surface area (Å²) in [5.74, 6) is -0.449. The number of sulfonamides is 1. The topological polar surface area (TPSA) is 46.2 Å². The fraction of sp³-hybridized carbons (Fsp3) is 0.455. The summed E-state index contributed by atoms with van der Waals surface area (Å²) in [6.07, 6.45) is 1.66. The highest BCUT2D eigenvalue weighted by Crippen LogP contribution is 2.11. The van der Waals surface area contributed by atoms with Crippen LogP contribution in [0.2, 0.25) is 0 Å². The molecule has 0 heterocycles. The maximum Gasteiger partial charge on any atom is 0.240 e. The Labute approximate surface area is 110 Å². The molecule has 0 amide bonds. The van der Waals surface area contributed by atoms with E-state index >= 15 is 0 Å². The monoisotopic (exact) mass is 323 g/mol. The third-order valence-corrected chi connectivity index (χ3v) is 4.90. The van der Waals surface area contributed by atoms with Crippen LogP contribution in [0.3, 0.4) is 0 Å². The van der Waals surface area contributed by atoms with Crippen LogP contribution in [0.4, 0.5) is 4.39 Å².